The molecule has 0 saturated carbocycles. The summed E-state index contributed by atoms with van der Waals surface area (Å²) in [5, 5.41) is 4.29. The second kappa shape index (κ2) is 8.05. The molecule has 146 valence electrons. The lowest BCUT2D eigenvalue weighted by Gasteiger charge is -2.13. The molecule has 0 saturated heterocycles. The number of nitrogens with one attached hydrogen (secondary N) is 1. The van der Waals surface area contributed by atoms with Gasteiger partial charge in [-0.15, -0.1) is 0 Å². The molecule has 1 aliphatic rings. The number of ether oxygens (including phenoxy) is 1. The number of nitrogens with zero attached hydrogens (tertiary/aromatic N) is 3. The zero-order chi connectivity index (χ0) is 20.2. The van der Waals surface area contributed by atoms with Gasteiger partial charge in [0.25, 0.3) is 5.91 Å². The van der Waals surface area contributed by atoms with Gasteiger partial charge in [0.15, 0.2) is 0 Å². The lowest BCUT2D eigenvalue weighted by atomic mass is 9.93. The monoisotopic (exact) mass is 390 g/mol. The fraction of sp³-hybridized carbons (Fsp3) is 0.190. The van der Waals surface area contributed by atoms with Gasteiger partial charge in [-0.2, -0.15) is 5.10 Å². The number of aryl methyl sites for hydroxylation is 1. The van der Waals surface area contributed by atoms with E-state index in [1.54, 1.807) is 49.8 Å². The average molecular weight is 390 g/mol. The van der Waals surface area contributed by atoms with Crippen LogP contribution < -0.4 is 10.2 Å². The second-order valence-corrected chi connectivity index (χ2v) is 6.52. The van der Waals surface area contributed by atoms with Crippen LogP contribution in [0.5, 0.6) is 5.75 Å². The van der Waals surface area contributed by atoms with Crippen LogP contribution in [0.2, 0.25) is 0 Å². The van der Waals surface area contributed by atoms with E-state index in [-0.39, 0.29) is 11.7 Å². The van der Waals surface area contributed by atoms with Crippen molar-refractivity contribution in [3.63, 3.8) is 0 Å². The third-order valence-corrected chi connectivity index (χ3v) is 4.59. The van der Waals surface area contributed by atoms with Crippen LogP contribution in [0.15, 0.2) is 58.6 Å². The molecule has 29 heavy (non-hydrogen) atoms. The number of hydrogen-bond donors (Lipinski definition) is 1. The highest BCUT2D eigenvalue weighted by molar-refractivity contribution is 6.06. The first kappa shape index (κ1) is 18.5. The maximum absolute atomic E-state index is 12.6. The van der Waals surface area contributed by atoms with Gasteiger partial charge >= 0.3 is 5.97 Å². The Labute approximate surface area is 166 Å². The van der Waals surface area contributed by atoms with E-state index in [0.29, 0.717) is 41.2 Å². The molecule has 0 spiro atoms. The first-order chi connectivity index (χ1) is 14.1. The van der Waals surface area contributed by atoms with Crippen molar-refractivity contribution in [1.29, 1.82) is 0 Å². The molecule has 1 N–H and O–H groups in total. The van der Waals surface area contributed by atoms with Crippen LogP contribution in [0.25, 0.3) is 0 Å². The van der Waals surface area contributed by atoms with Gasteiger partial charge in [-0.3, -0.25) is 14.8 Å². The maximum atomic E-state index is 12.6. The van der Waals surface area contributed by atoms with Gasteiger partial charge in [-0.05, 0) is 44.0 Å². The highest BCUT2D eigenvalue weighted by Gasteiger charge is 2.29. The van der Waals surface area contributed by atoms with Crippen LogP contribution >= 0.6 is 0 Å². The third-order valence-electron chi connectivity index (χ3n) is 4.59. The van der Waals surface area contributed by atoms with E-state index < -0.39 is 5.97 Å². The van der Waals surface area contributed by atoms with Crippen molar-refractivity contribution in [2.24, 2.45) is 5.10 Å². The molecule has 3 heterocycles. The van der Waals surface area contributed by atoms with Crippen LogP contribution in [0.1, 0.15) is 50.6 Å². The molecule has 4 rings (SSSR count). The fourth-order valence-electron chi connectivity index (χ4n) is 3.22. The Morgan fingerprint density at radius 1 is 1.14 bits per heavy atom. The molecule has 1 aliphatic carbocycles. The molecule has 0 bridgehead atoms. The maximum Gasteiger partial charge on any atom is 0.379 e. The summed E-state index contributed by atoms with van der Waals surface area (Å²) in [6.45, 7) is 1.79. The Hall–Kier alpha value is -3.81. The number of hydrogen-bond acceptors (Lipinski definition) is 7. The normalized spacial score (nSPS) is 14.3. The molecular weight excluding hydrogens is 372 g/mol. The van der Waals surface area contributed by atoms with Crippen molar-refractivity contribution in [3.8, 4) is 5.75 Å². The smallest absolute Gasteiger partial charge is 0.379 e. The molecule has 1 amide bonds. The van der Waals surface area contributed by atoms with E-state index >= 15 is 0 Å². The summed E-state index contributed by atoms with van der Waals surface area (Å²) in [7, 11) is 0. The fourth-order valence-corrected chi connectivity index (χ4v) is 3.22. The number of carbonyl (C=O) groups is 2. The number of hydrazone groups is 1. The summed E-state index contributed by atoms with van der Waals surface area (Å²) < 4.78 is 11.1. The topological polar surface area (TPSA) is 107 Å². The minimum atomic E-state index is -0.593. The standard InChI is InChI=1S/C21H18N4O4/c1-13-18-16(24-25-20(26)14-7-10-22-11-8-14)5-2-6-17(18)29-19(13)21(27)28-15-4-3-9-23-12-15/h3-4,7-12H,2,5-6H2,1H3,(H,25,26)/b24-16+. The minimum absolute atomic E-state index is 0.133. The van der Waals surface area contributed by atoms with E-state index in [1.807, 2.05) is 0 Å². The molecule has 0 aliphatic heterocycles. The molecule has 0 aromatic carbocycles. The Kier molecular flexibility index (Phi) is 5.15. The number of rotatable bonds is 4. The number of esters is 1. The number of amides is 1. The first-order valence-corrected chi connectivity index (χ1v) is 9.15. The summed E-state index contributed by atoms with van der Waals surface area (Å²) >= 11 is 0. The van der Waals surface area contributed by atoms with Gasteiger partial charge in [0.1, 0.15) is 11.5 Å². The van der Waals surface area contributed by atoms with Crippen molar-refractivity contribution in [2.45, 2.75) is 26.2 Å². The van der Waals surface area contributed by atoms with Crippen molar-refractivity contribution in [2.75, 3.05) is 0 Å². The highest BCUT2D eigenvalue weighted by atomic mass is 16.5. The molecule has 3 aromatic rings. The SMILES string of the molecule is Cc1c(C(=O)Oc2cccnc2)oc2c1/C(=N/NC(=O)c1ccncc1)CCC2. The van der Waals surface area contributed by atoms with Crippen LogP contribution in [0.3, 0.4) is 0 Å². The van der Waals surface area contributed by atoms with Gasteiger partial charge < -0.3 is 9.15 Å². The predicted octanol–water partition coefficient (Wildman–Crippen LogP) is 3.07. The van der Waals surface area contributed by atoms with Gasteiger partial charge in [0, 0.05) is 41.7 Å². The Balaban J connectivity index is 1.57. The summed E-state index contributed by atoms with van der Waals surface area (Å²) in [6, 6.07) is 6.54. The van der Waals surface area contributed by atoms with E-state index in [9.17, 15) is 9.59 Å². The summed E-state index contributed by atoms with van der Waals surface area (Å²) in [6.07, 6.45) is 8.30. The largest absolute Gasteiger partial charge is 0.453 e. The molecule has 0 unspecified atom stereocenters. The first-order valence-electron chi connectivity index (χ1n) is 9.15. The molecule has 0 fully saturated rings. The Morgan fingerprint density at radius 3 is 2.72 bits per heavy atom. The van der Waals surface area contributed by atoms with Crippen molar-refractivity contribution in [3.05, 3.63) is 77.3 Å². The van der Waals surface area contributed by atoms with Crippen LogP contribution in [-0.4, -0.2) is 27.6 Å². The summed E-state index contributed by atoms with van der Waals surface area (Å²) in [5.41, 5.74) is 5.11. The number of furan rings is 1. The molecule has 8 heteroatoms. The van der Waals surface area contributed by atoms with Crippen molar-refractivity contribution < 1.29 is 18.7 Å². The van der Waals surface area contributed by atoms with E-state index in [0.717, 1.165) is 12.0 Å². The number of pyridine rings is 2. The summed E-state index contributed by atoms with van der Waals surface area (Å²) in [4.78, 5) is 32.6. The molecule has 8 nitrogen and oxygen atoms in total. The molecule has 0 atom stereocenters. The Morgan fingerprint density at radius 2 is 1.97 bits per heavy atom. The zero-order valence-electron chi connectivity index (χ0n) is 15.7. The van der Waals surface area contributed by atoms with Crippen LogP contribution in [0.4, 0.5) is 0 Å². The molecular formula is C21H18N4O4. The molecule has 3 aromatic heterocycles. The number of fused-ring (bicyclic) bond motifs is 1. The van der Waals surface area contributed by atoms with E-state index in [2.05, 4.69) is 20.5 Å². The van der Waals surface area contributed by atoms with Gasteiger partial charge in [-0.1, -0.05) is 0 Å². The van der Waals surface area contributed by atoms with Crippen LogP contribution in [0, 0.1) is 6.92 Å². The van der Waals surface area contributed by atoms with Gasteiger partial charge in [-0.25, -0.2) is 10.2 Å². The number of carbonyl (C=O) groups excluding carboxylic acids is 2. The zero-order valence-corrected chi connectivity index (χ0v) is 15.7. The van der Waals surface area contributed by atoms with Crippen molar-refractivity contribution in [1.82, 2.24) is 15.4 Å². The predicted molar refractivity (Wildman–Crippen MR) is 104 cm³/mol. The van der Waals surface area contributed by atoms with E-state index in [4.69, 9.17) is 9.15 Å². The summed E-state index contributed by atoms with van der Waals surface area (Å²) in [5.74, 6) is 0.219. The minimum Gasteiger partial charge on any atom is -0.453 e. The average Bonchev–Trinajstić information content (AvgIpc) is 3.10. The highest BCUT2D eigenvalue weighted by Crippen LogP contribution is 2.30. The molecule has 0 radical (unpaired) electrons. The lowest BCUT2D eigenvalue weighted by Crippen LogP contribution is -2.22. The van der Waals surface area contributed by atoms with Crippen molar-refractivity contribution >= 4 is 17.6 Å². The van der Waals surface area contributed by atoms with Gasteiger partial charge in [0.05, 0.1) is 11.9 Å². The third kappa shape index (κ3) is 3.91. The quantitative estimate of drug-likeness (QED) is 0.542. The van der Waals surface area contributed by atoms with E-state index in [1.165, 1.54) is 6.20 Å². The second-order valence-electron chi connectivity index (χ2n) is 6.52. The Bertz CT molecular complexity index is 1070. The number of aromatic nitrogens is 2. The van der Waals surface area contributed by atoms with Gasteiger partial charge in [0.2, 0.25) is 5.76 Å². The lowest BCUT2D eigenvalue weighted by molar-refractivity contribution is 0.0697. The van der Waals surface area contributed by atoms with Crippen LogP contribution in [-0.2, 0) is 6.42 Å².